The highest BCUT2D eigenvalue weighted by Gasteiger charge is 2.14. The van der Waals surface area contributed by atoms with Crippen molar-refractivity contribution in [3.05, 3.63) is 42.2 Å². The van der Waals surface area contributed by atoms with E-state index in [1.165, 1.54) is 0 Å². The lowest BCUT2D eigenvalue weighted by atomic mass is 10.1. The zero-order valence-corrected chi connectivity index (χ0v) is 12.7. The maximum Gasteiger partial charge on any atom is 0.203 e. The van der Waals surface area contributed by atoms with Crippen LogP contribution in [-0.4, -0.2) is 26.3 Å². The van der Waals surface area contributed by atoms with Gasteiger partial charge in [-0.25, -0.2) is 0 Å². The Bertz CT molecular complexity index is 562. The molecule has 2 rings (SSSR count). The molecule has 0 radical (unpaired) electrons. The van der Waals surface area contributed by atoms with Crippen molar-refractivity contribution in [1.82, 2.24) is 4.98 Å². The van der Waals surface area contributed by atoms with Gasteiger partial charge in [0.05, 0.1) is 21.3 Å². The molecule has 0 saturated heterocycles. The number of methoxy groups -OCH3 is 3. The summed E-state index contributed by atoms with van der Waals surface area (Å²) in [6.07, 6.45) is 3.56. The molecule has 0 spiro atoms. The van der Waals surface area contributed by atoms with Crippen molar-refractivity contribution in [1.29, 1.82) is 0 Å². The standard InChI is InChI=1S/C16H20N2O3/c1-11(12-5-7-17-8-6-12)18-13-9-14(19-2)16(21-4)15(10-13)20-3/h5-11,18H,1-4H3. The summed E-state index contributed by atoms with van der Waals surface area (Å²) in [6.45, 7) is 2.08. The van der Waals surface area contributed by atoms with Crippen molar-refractivity contribution in [2.75, 3.05) is 26.6 Å². The fourth-order valence-corrected chi connectivity index (χ4v) is 2.15. The van der Waals surface area contributed by atoms with Crippen molar-refractivity contribution < 1.29 is 14.2 Å². The molecule has 1 atom stereocenters. The van der Waals surface area contributed by atoms with E-state index in [0.29, 0.717) is 17.2 Å². The number of benzene rings is 1. The molecule has 1 N–H and O–H groups in total. The number of anilines is 1. The third-order valence-corrected chi connectivity index (χ3v) is 3.25. The van der Waals surface area contributed by atoms with Crippen molar-refractivity contribution in [2.45, 2.75) is 13.0 Å². The van der Waals surface area contributed by atoms with Crippen LogP contribution in [0.1, 0.15) is 18.5 Å². The number of pyridine rings is 1. The summed E-state index contributed by atoms with van der Waals surface area (Å²) in [5.74, 6) is 1.84. The zero-order chi connectivity index (χ0) is 15.2. The lowest BCUT2D eigenvalue weighted by molar-refractivity contribution is 0.324. The van der Waals surface area contributed by atoms with Gasteiger partial charge in [0.1, 0.15) is 0 Å². The molecule has 5 nitrogen and oxygen atoms in total. The summed E-state index contributed by atoms with van der Waals surface area (Å²) in [5.41, 5.74) is 2.05. The van der Waals surface area contributed by atoms with Crippen LogP contribution in [-0.2, 0) is 0 Å². The topological polar surface area (TPSA) is 52.6 Å². The van der Waals surface area contributed by atoms with Gasteiger partial charge in [0, 0.05) is 36.3 Å². The third-order valence-electron chi connectivity index (χ3n) is 3.25. The van der Waals surface area contributed by atoms with Gasteiger partial charge in [-0.3, -0.25) is 4.98 Å². The van der Waals surface area contributed by atoms with E-state index in [9.17, 15) is 0 Å². The minimum atomic E-state index is 0.135. The highest BCUT2D eigenvalue weighted by Crippen LogP contribution is 2.40. The molecule has 0 fully saturated rings. The number of nitrogens with one attached hydrogen (secondary N) is 1. The van der Waals surface area contributed by atoms with E-state index in [2.05, 4.69) is 17.2 Å². The van der Waals surface area contributed by atoms with Gasteiger partial charge in [-0.05, 0) is 24.6 Å². The molecule has 0 aliphatic carbocycles. The Morgan fingerprint density at radius 2 is 1.52 bits per heavy atom. The van der Waals surface area contributed by atoms with Crippen LogP contribution in [0.25, 0.3) is 0 Å². The van der Waals surface area contributed by atoms with Crippen LogP contribution in [0.15, 0.2) is 36.7 Å². The first-order valence-corrected chi connectivity index (χ1v) is 6.66. The summed E-state index contributed by atoms with van der Waals surface area (Å²) in [4.78, 5) is 4.03. The average Bonchev–Trinajstić information content (AvgIpc) is 2.54. The van der Waals surface area contributed by atoms with Crippen LogP contribution in [0.3, 0.4) is 0 Å². The first-order chi connectivity index (χ1) is 10.2. The highest BCUT2D eigenvalue weighted by molar-refractivity contribution is 5.63. The zero-order valence-electron chi connectivity index (χ0n) is 12.7. The second kappa shape index (κ2) is 6.83. The fourth-order valence-electron chi connectivity index (χ4n) is 2.15. The number of nitrogens with zero attached hydrogens (tertiary/aromatic N) is 1. The highest BCUT2D eigenvalue weighted by atomic mass is 16.5. The molecule has 5 heteroatoms. The van der Waals surface area contributed by atoms with Gasteiger partial charge in [0.2, 0.25) is 5.75 Å². The summed E-state index contributed by atoms with van der Waals surface area (Å²) >= 11 is 0. The van der Waals surface area contributed by atoms with Crippen LogP contribution in [0, 0.1) is 0 Å². The number of ether oxygens (including phenoxy) is 3. The summed E-state index contributed by atoms with van der Waals surface area (Å²) in [5, 5.41) is 3.42. The molecule has 0 aliphatic rings. The second-order valence-electron chi connectivity index (χ2n) is 4.56. The van der Waals surface area contributed by atoms with Gasteiger partial charge >= 0.3 is 0 Å². The Morgan fingerprint density at radius 3 is 2.00 bits per heavy atom. The van der Waals surface area contributed by atoms with Gasteiger partial charge in [0.15, 0.2) is 11.5 Å². The van der Waals surface area contributed by atoms with Crippen molar-refractivity contribution >= 4 is 5.69 Å². The largest absolute Gasteiger partial charge is 0.493 e. The molecule has 2 aromatic rings. The summed E-state index contributed by atoms with van der Waals surface area (Å²) in [6, 6.07) is 7.87. The Labute approximate surface area is 124 Å². The smallest absolute Gasteiger partial charge is 0.203 e. The maximum atomic E-state index is 5.35. The molecular formula is C16H20N2O3. The summed E-state index contributed by atoms with van der Waals surface area (Å²) in [7, 11) is 4.80. The first kappa shape index (κ1) is 15.0. The molecule has 21 heavy (non-hydrogen) atoms. The predicted molar refractivity (Wildman–Crippen MR) is 82.4 cm³/mol. The van der Waals surface area contributed by atoms with Crippen LogP contribution in [0.4, 0.5) is 5.69 Å². The van der Waals surface area contributed by atoms with Gasteiger partial charge in [-0.2, -0.15) is 0 Å². The molecule has 1 unspecified atom stereocenters. The lowest BCUT2D eigenvalue weighted by Crippen LogP contribution is -2.07. The maximum absolute atomic E-state index is 5.35. The molecule has 0 amide bonds. The third kappa shape index (κ3) is 3.37. The second-order valence-corrected chi connectivity index (χ2v) is 4.56. The lowest BCUT2D eigenvalue weighted by Gasteiger charge is -2.19. The van der Waals surface area contributed by atoms with Crippen molar-refractivity contribution in [3.63, 3.8) is 0 Å². The quantitative estimate of drug-likeness (QED) is 0.884. The number of rotatable bonds is 6. The van der Waals surface area contributed by atoms with E-state index in [-0.39, 0.29) is 6.04 Å². The Kier molecular flexibility index (Phi) is 4.87. The molecule has 1 heterocycles. The minimum absolute atomic E-state index is 0.135. The molecule has 1 aromatic heterocycles. The molecule has 0 saturated carbocycles. The molecule has 0 aliphatic heterocycles. The van der Waals surface area contributed by atoms with Gasteiger partial charge in [-0.15, -0.1) is 0 Å². The summed E-state index contributed by atoms with van der Waals surface area (Å²) < 4.78 is 16.0. The SMILES string of the molecule is COc1cc(NC(C)c2ccncc2)cc(OC)c1OC. The van der Waals surface area contributed by atoms with Crippen LogP contribution in [0.5, 0.6) is 17.2 Å². The van der Waals surface area contributed by atoms with Crippen molar-refractivity contribution in [2.24, 2.45) is 0 Å². The Morgan fingerprint density at radius 1 is 0.952 bits per heavy atom. The molecule has 0 bridgehead atoms. The van der Waals surface area contributed by atoms with Crippen LogP contribution in [0.2, 0.25) is 0 Å². The van der Waals surface area contributed by atoms with Crippen molar-refractivity contribution in [3.8, 4) is 17.2 Å². The number of aromatic nitrogens is 1. The van der Waals surface area contributed by atoms with Gasteiger partial charge in [-0.1, -0.05) is 0 Å². The molecule has 112 valence electrons. The van der Waals surface area contributed by atoms with Crippen LogP contribution >= 0.6 is 0 Å². The number of hydrogen-bond donors (Lipinski definition) is 1. The Balaban J connectivity index is 2.28. The fraction of sp³-hybridized carbons (Fsp3) is 0.312. The number of hydrogen-bond acceptors (Lipinski definition) is 5. The minimum Gasteiger partial charge on any atom is -0.493 e. The van der Waals surface area contributed by atoms with E-state index < -0.39 is 0 Å². The monoisotopic (exact) mass is 288 g/mol. The van der Waals surface area contributed by atoms with E-state index in [1.54, 1.807) is 33.7 Å². The normalized spacial score (nSPS) is 11.6. The predicted octanol–water partition coefficient (Wildman–Crippen LogP) is 3.28. The molecule has 1 aromatic carbocycles. The first-order valence-electron chi connectivity index (χ1n) is 6.66. The molecular weight excluding hydrogens is 268 g/mol. The van der Waals surface area contributed by atoms with Gasteiger partial charge in [0.25, 0.3) is 0 Å². The van der Waals surface area contributed by atoms with E-state index in [1.807, 2.05) is 24.3 Å². The van der Waals surface area contributed by atoms with E-state index in [0.717, 1.165) is 11.3 Å². The average molecular weight is 288 g/mol. The van der Waals surface area contributed by atoms with Gasteiger partial charge < -0.3 is 19.5 Å². The van der Waals surface area contributed by atoms with E-state index in [4.69, 9.17) is 14.2 Å². The Hall–Kier alpha value is -2.43. The van der Waals surface area contributed by atoms with Crippen LogP contribution < -0.4 is 19.5 Å². The van der Waals surface area contributed by atoms with E-state index >= 15 is 0 Å².